The van der Waals surface area contributed by atoms with Gasteiger partial charge in [0.1, 0.15) is 5.41 Å². The molecule has 1 rings (SSSR count). The van der Waals surface area contributed by atoms with Crippen molar-refractivity contribution < 1.29 is 9.53 Å². The number of carbonyl (C=O) groups is 1. The van der Waals surface area contributed by atoms with Crippen LogP contribution < -0.4 is 5.32 Å². The van der Waals surface area contributed by atoms with Crippen molar-refractivity contribution in [2.75, 3.05) is 20.3 Å². The van der Waals surface area contributed by atoms with Crippen LogP contribution >= 0.6 is 0 Å². The Morgan fingerprint density at radius 2 is 2.12 bits per heavy atom. The Balaban J connectivity index is 2.40. The second-order valence-corrected chi connectivity index (χ2v) is 4.36. The SMILES string of the molecule is COCCCNC(=O)C1(C#N)CCCCC1. The predicted molar refractivity (Wildman–Crippen MR) is 60.6 cm³/mol. The standard InChI is InChI=1S/C12H20N2O2/c1-16-9-5-8-14-11(15)12(10-13)6-3-2-4-7-12/h2-9H2,1H3,(H,14,15). The smallest absolute Gasteiger partial charge is 0.240 e. The minimum atomic E-state index is -0.759. The van der Waals surface area contributed by atoms with E-state index in [4.69, 9.17) is 4.74 Å². The first kappa shape index (κ1) is 13.0. The molecule has 0 atom stereocenters. The van der Waals surface area contributed by atoms with Crippen LogP contribution in [0.3, 0.4) is 0 Å². The summed E-state index contributed by atoms with van der Waals surface area (Å²) in [5.41, 5.74) is -0.759. The predicted octanol–water partition coefficient (Wildman–Crippen LogP) is 1.61. The van der Waals surface area contributed by atoms with Crippen molar-refractivity contribution in [3.63, 3.8) is 0 Å². The number of carbonyl (C=O) groups excluding carboxylic acids is 1. The highest BCUT2D eigenvalue weighted by atomic mass is 16.5. The minimum Gasteiger partial charge on any atom is -0.385 e. The zero-order chi connectivity index (χ0) is 11.9. The quantitative estimate of drug-likeness (QED) is 0.722. The molecule has 0 unspecified atom stereocenters. The van der Waals surface area contributed by atoms with E-state index in [0.29, 0.717) is 26.0 Å². The van der Waals surface area contributed by atoms with E-state index in [1.54, 1.807) is 7.11 Å². The number of nitriles is 1. The molecule has 90 valence electrons. The molecular formula is C12H20N2O2. The third-order valence-electron chi connectivity index (χ3n) is 3.17. The van der Waals surface area contributed by atoms with Crippen molar-refractivity contribution in [1.29, 1.82) is 5.26 Å². The summed E-state index contributed by atoms with van der Waals surface area (Å²) in [5, 5.41) is 12.0. The van der Waals surface area contributed by atoms with Gasteiger partial charge in [0.25, 0.3) is 0 Å². The summed E-state index contributed by atoms with van der Waals surface area (Å²) in [6.45, 7) is 1.23. The van der Waals surface area contributed by atoms with E-state index >= 15 is 0 Å². The third kappa shape index (κ3) is 3.21. The van der Waals surface area contributed by atoms with E-state index in [-0.39, 0.29) is 5.91 Å². The Kier molecular flexibility index (Phi) is 5.27. The molecule has 0 aromatic heterocycles. The lowest BCUT2D eigenvalue weighted by molar-refractivity contribution is -0.129. The molecule has 0 aromatic rings. The topological polar surface area (TPSA) is 62.1 Å². The van der Waals surface area contributed by atoms with Crippen molar-refractivity contribution in [2.45, 2.75) is 38.5 Å². The fourth-order valence-corrected chi connectivity index (χ4v) is 2.13. The minimum absolute atomic E-state index is 0.0918. The van der Waals surface area contributed by atoms with E-state index in [9.17, 15) is 10.1 Å². The average Bonchev–Trinajstić information content (AvgIpc) is 2.35. The van der Waals surface area contributed by atoms with Gasteiger partial charge in [0.15, 0.2) is 0 Å². The molecule has 0 heterocycles. The molecule has 4 nitrogen and oxygen atoms in total. The van der Waals surface area contributed by atoms with Gasteiger partial charge in [-0.3, -0.25) is 4.79 Å². The first-order valence-corrected chi connectivity index (χ1v) is 5.94. The number of rotatable bonds is 5. The first-order valence-electron chi connectivity index (χ1n) is 5.94. The van der Waals surface area contributed by atoms with Crippen molar-refractivity contribution in [3.05, 3.63) is 0 Å². The number of hydrogen-bond donors (Lipinski definition) is 1. The molecule has 0 bridgehead atoms. The molecule has 4 heteroatoms. The van der Waals surface area contributed by atoms with Gasteiger partial charge in [0.2, 0.25) is 5.91 Å². The molecule has 0 aromatic carbocycles. The van der Waals surface area contributed by atoms with Gasteiger partial charge < -0.3 is 10.1 Å². The lowest BCUT2D eigenvalue weighted by Gasteiger charge is -2.29. The van der Waals surface area contributed by atoms with Gasteiger partial charge in [-0.1, -0.05) is 19.3 Å². The van der Waals surface area contributed by atoms with E-state index in [2.05, 4.69) is 11.4 Å². The van der Waals surface area contributed by atoms with Crippen molar-refractivity contribution >= 4 is 5.91 Å². The Hall–Kier alpha value is -1.08. The molecule has 0 spiro atoms. The second kappa shape index (κ2) is 6.49. The fraction of sp³-hybridized carbons (Fsp3) is 0.833. The van der Waals surface area contributed by atoms with Crippen LogP contribution in [0.25, 0.3) is 0 Å². The van der Waals surface area contributed by atoms with Crippen LogP contribution in [0.1, 0.15) is 38.5 Å². The van der Waals surface area contributed by atoms with Crippen LogP contribution in [0.15, 0.2) is 0 Å². The highest BCUT2D eigenvalue weighted by molar-refractivity contribution is 5.85. The van der Waals surface area contributed by atoms with Crippen molar-refractivity contribution in [2.24, 2.45) is 5.41 Å². The molecule has 1 amide bonds. The molecule has 0 aliphatic heterocycles. The van der Waals surface area contributed by atoms with Gasteiger partial charge >= 0.3 is 0 Å². The van der Waals surface area contributed by atoms with E-state index in [1.807, 2.05) is 0 Å². The van der Waals surface area contributed by atoms with Gasteiger partial charge in [-0.2, -0.15) is 5.26 Å². The lowest BCUT2D eigenvalue weighted by atomic mass is 9.74. The van der Waals surface area contributed by atoms with Gasteiger partial charge in [0.05, 0.1) is 6.07 Å². The molecule has 1 aliphatic rings. The highest BCUT2D eigenvalue weighted by Crippen LogP contribution is 2.35. The fourth-order valence-electron chi connectivity index (χ4n) is 2.13. The molecule has 1 aliphatic carbocycles. The summed E-state index contributed by atoms with van der Waals surface area (Å²) in [4.78, 5) is 11.9. The van der Waals surface area contributed by atoms with Crippen LogP contribution in [0.2, 0.25) is 0 Å². The van der Waals surface area contributed by atoms with Gasteiger partial charge in [-0.05, 0) is 19.3 Å². The largest absolute Gasteiger partial charge is 0.385 e. The number of methoxy groups -OCH3 is 1. The maximum Gasteiger partial charge on any atom is 0.240 e. The molecule has 1 fully saturated rings. The van der Waals surface area contributed by atoms with Crippen LogP contribution in [0.5, 0.6) is 0 Å². The summed E-state index contributed by atoms with van der Waals surface area (Å²) >= 11 is 0. The van der Waals surface area contributed by atoms with Gasteiger partial charge in [-0.25, -0.2) is 0 Å². The van der Waals surface area contributed by atoms with Crippen LogP contribution in [0, 0.1) is 16.7 Å². The molecule has 1 saturated carbocycles. The number of nitrogens with zero attached hydrogens (tertiary/aromatic N) is 1. The summed E-state index contributed by atoms with van der Waals surface area (Å²) in [7, 11) is 1.64. The Morgan fingerprint density at radius 1 is 1.44 bits per heavy atom. The van der Waals surface area contributed by atoms with Crippen LogP contribution in [-0.2, 0) is 9.53 Å². The maximum atomic E-state index is 11.9. The number of nitrogens with one attached hydrogen (secondary N) is 1. The first-order chi connectivity index (χ1) is 7.75. The molecule has 0 saturated heterocycles. The summed E-state index contributed by atoms with van der Waals surface area (Å²) in [6.07, 6.45) is 5.32. The van der Waals surface area contributed by atoms with Crippen LogP contribution in [-0.4, -0.2) is 26.2 Å². The van der Waals surface area contributed by atoms with Gasteiger partial charge in [-0.15, -0.1) is 0 Å². The number of amides is 1. The monoisotopic (exact) mass is 224 g/mol. The zero-order valence-corrected chi connectivity index (χ0v) is 9.92. The maximum absolute atomic E-state index is 11.9. The average molecular weight is 224 g/mol. The van der Waals surface area contributed by atoms with E-state index in [0.717, 1.165) is 25.7 Å². The molecule has 16 heavy (non-hydrogen) atoms. The summed E-state index contributed by atoms with van der Waals surface area (Å²) in [6, 6.07) is 2.21. The van der Waals surface area contributed by atoms with Crippen molar-refractivity contribution in [3.8, 4) is 6.07 Å². The third-order valence-corrected chi connectivity index (χ3v) is 3.17. The van der Waals surface area contributed by atoms with Gasteiger partial charge in [0, 0.05) is 20.3 Å². The highest BCUT2D eigenvalue weighted by Gasteiger charge is 2.39. The molecular weight excluding hydrogens is 204 g/mol. The lowest BCUT2D eigenvalue weighted by Crippen LogP contribution is -2.41. The second-order valence-electron chi connectivity index (χ2n) is 4.36. The Bertz CT molecular complexity index is 265. The van der Waals surface area contributed by atoms with E-state index < -0.39 is 5.41 Å². The summed E-state index contributed by atoms with van der Waals surface area (Å²) in [5.74, 6) is -0.0918. The summed E-state index contributed by atoms with van der Waals surface area (Å²) < 4.78 is 4.90. The Labute approximate surface area is 97.0 Å². The zero-order valence-electron chi connectivity index (χ0n) is 9.92. The normalized spacial score (nSPS) is 18.8. The van der Waals surface area contributed by atoms with Crippen LogP contribution in [0.4, 0.5) is 0 Å². The Morgan fingerprint density at radius 3 is 2.69 bits per heavy atom. The van der Waals surface area contributed by atoms with E-state index in [1.165, 1.54) is 0 Å². The number of ether oxygens (including phenoxy) is 1. The molecule has 0 radical (unpaired) electrons. The number of hydrogen-bond acceptors (Lipinski definition) is 3. The molecule has 1 N–H and O–H groups in total. The van der Waals surface area contributed by atoms with Crippen molar-refractivity contribution in [1.82, 2.24) is 5.32 Å².